The monoisotopic (exact) mass is 303 g/mol. The Morgan fingerprint density at radius 2 is 2.10 bits per heavy atom. The van der Waals surface area contributed by atoms with Crippen LogP contribution in [-0.2, 0) is 11.3 Å². The molecule has 1 atom stereocenters. The second kappa shape index (κ2) is 7.08. The van der Waals surface area contributed by atoms with Crippen LogP contribution < -0.4 is 10.9 Å². The van der Waals surface area contributed by atoms with E-state index in [-0.39, 0.29) is 16.7 Å². The smallest absolute Gasteiger partial charge is 0.251 e. The Balaban J connectivity index is 1.92. The maximum atomic E-state index is 12.0. The zero-order chi connectivity index (χ0) is 15.2. The van der Waals surface area contributed by atoms with Gasteiger partial charge in [0.05, 0.1) is 5.25 Å². The van der Waals surface area contributed by atoms with Crippen LogP contribution in [0.5, 0.6) is 0 Å². The molecule has 0 saturated carbocycles. The van der Waals surface area contributed by atoms with Gasteiger partial charge in [-0.1, -0.05) is 42.1 Å². The van der Waals surface area contributed by atoms with Crippen molar-refractivity contribution < 1.29 is 4.79 Å². The minimum atomic E-state index is -0.335. The number of aryl methyl sites for hydroxylation is 1. The lowest BCUT2D eigenvalue weighted by atomic mass is 10.2. The Bertz CT molecular complexity index is 670. The van der Waals surface area contributed by atoms with Gasteiger partial charge in [-0.3, -0.25) is 9.59 Å². The number of thioether (sulfide) groups is 1. The summed E-state index contributed by atoms with van der Waals surface area (Å²) in [6.07, 6.45) is 0. The molecule has 0 aliphatic rings. The molecule has 21 heavy (non-hydrogen) atoms. The van der Waals surface area contributed by atoms with Gasteiger partial charge >= 0.3 is 0 Å². The van der Waals surface area contributed by atoms with Gasteiger partial charge < -0.3 is 10.3 Å². The van der Waals surface area contributed by atoms with Crippen LogP contribution in [0, 0.1) is 6.92 Å². The summed E-state index contributed by atoms with van der Waals surface area (Å²) < 4.78 is 0. The maximum absolute atomic E-state index is 12.0. The number of carbonyl (C=O) groups is 1. The van der Waals surface area contributed by atoms with E-state index in [1.165, 1.54) is 17.8 Å². The second-order valence-electron chi connectivity index (χ2n) is 4.66. The van der Waals surface area contributed by atoms with Gasteiger partial charge in [-0.2, -0.15) is 0 Å². The van der Waals surface area contributed by atoms with Crippen molar-refractivity contribution in [1.29, 1.82) is 0 Å². The molecule has 110 valence electrons. The topological polar surface area (TPSA) is 74.8 Å². The van der Waals surface area contributed by atoms with Crippen LogP contribution in [0.4, 0.5) is 0 Å². The lowest BCUT2D eigenvalue weighted by Gasteiger charge is -2.11. The third-order valence-corrected chi connectivity index (χ3v) is 3.80. The highest BCUT2D eigenvalue weighted by atomic mass is 32.2. The van der Waals surface area contributed by atoms with Gasteiger partial charge in [0, 0.05) is 18.3 Å². The number of hydrogen-bond donors (Lipinski definition) is 2. The van der Waals surface area contributed by atoms with Gasteiger partial charge in [0.1, 0.15) is 0 Å². The normalized spacial score (nSPS) is 11.9. The van der Waals surface area contributed by atoms with E-state index in [9.17, 15) is 9.59 Å². The van der Waals surface area contributed by atoms with Gasteiger partial charge in [0.25, 0.3) is 5.56 Å². The van der Waals surface area contributed by atoms with Crippen LogP contribution in [0.1, 0.15) is 18.2 Å². The van der Waals surface area contributed by atoms with Gasteiger partial charge in [-0.05, 0) is 19.4 Å². The Hall–Kier alpha value is -2.08. The summed E-state index contributed by atoms with van der Waals surface area (Å²) in [5.41, 5.74) is 1.48. The van der Waals surface area contributed by atoms with E-state index in [1.54, 1.807) is 13.8 Å². The van der Waals surface area contributed by atoms with Crippen LogP contribution in [0.3, 0.4) is 0 Å². The minimum absolute atomic E-state index is 0.0898. The van der Waals surface area contributed by atoms with E-state index >= 15 is 0 Å². The zero-order valence-electron chi connectivity index (χ0n) is 11.9. The van der Waals surface area contributed by atoms with Gasteiger partial charge in [0.2, 0.25) is 5.91 Å². The van der Waals surface area contributed by atoms with Crippen LogP contribution in [0.2, 0.25) is 0 Å². The molecule has 0 aliphatic carbocycles. The molecule has 6 heteroatoms. The predicted molar refractivity (Wildman–Crippen MR) is 83.2 cm³/mol. The molecular formula is C15H17N3O2S. The van der Waals surface area contributed by atoms with Crippen molar-refractivity contribution in [2.75, 3.05) is 0 Å². The molecule has 5 nitrogen and oxygen atoms in total. The van der Waals surface area contributed by atoms with Crippen molar-refractivity contribution in [3.63, 3.8) is 0 Å². The molecule has 0 radical (unpaired) electrons. The Kier molecular flexibility index (Phi) is 5.16. The van der Waals surface area contributed by atoms with Crippen molar-refractivity contribution in [3.8, 4) is 0 Å². The molecule has 1 heterocycles. The Morgan fingerprint density at radius 3 is 2.76 bits per heavy atom. The van der Waals surface area contributed by atoms with Crippen molar-refractivity contribution in [2.45, 2.75) is 30.8 Å². The molecule has 0 fully saturated rings. The molecule has 1 aromatic carbocycles. The molecule has 2 N–H and O–H groups in total. The summed E-state index contributed by atoms with van der Waals surface area (Å²) in [6, 6.07) is 11.1. The summed E-state index contributed by atoms with van der Waals surface area (Å²) in [5, 5.41) is 2.99. The number of nitrogens with one attached hydrogen (secondary N) is 2. The fourth-order valence-corrected chi connectivity index (χ4v) is 2.64. The highest BCUT2D eigenvalue weighted by Crippen LogP contribution is 2.18. The lowest BCUT2D eigenvalue weighted by Crippen LogP contribution is -2.30. The largest absolute Gasteiger partial charge is 0.351 e. The molecular weight excluding hydrogens is 286 g/mol. The Labute approximate surface area is 127 Å². The average molecular weight is 303 g/mol. The number of benzene rings is 1. The number of amides is 1. The van der Waals surface area contributed by atoms with E-state index in [2.05, 4.69) is 15.3 Å². The van der Waals surface area contributed by atoms with E-state index in [4.69, 9.17) is 0 Å². The Morgan fingerprint density at radius 1 is 1.38 bits per heavy atom. The number of rotatable bonds is 5. The number of carbonyl (C=O) groups excluding carboxylic acids is 1. The van der Waals surface area contributed by atoms with Crippen molar-refractivity contribution in [1.82, 2.24) is 15.3 Å². The highest BCUT2D eigenvalue weighted by molar-refractivity contribution is 8.00. The van der Waals surface area contributed by atoms with Crippen LogP contribution in [0.15, 0.2) is 46.3 Å². The number of hydrogen-bond acceptors (Lipinski definition) is 4. The van der Waals surface area contributed by atoms with Gasteiger partial charge in [-0.15, -0.1) is 0 Å². The average Bonchev–Trinajstić information content (AvgIpc) is 2.44. The molecule has 0 bridgehead atoms. The molecule has 0 spiro atoms. The molecule has 2 rings (SSSR count). The first-order valence-electron chi connectivity index (χ1n) is 6.61. The SMILES string of the molecule is Cc1cc(=O)[nH]c(SC(C)C(=O)NCc2ccccc2)n1. The first kappa shape index (κ1) is 15.3. The summed E-state index contributed by atoms with van der Waals surface area (Å²) >= 11 is 1.24. The highest BCUT2D eigenvalue weighted by Gasteiger charge is 2.15. The third-order valence-electron chi connectivity index (χ3n) is 2.82. The predicted octanol–water partition coefficient (Wildman–Crippen LogP) is 1.88. The first-order valence-corrected chi connectivity index (χ1v) is 7.49. The third kappa shape index (κ3) is 4.75. The first-order chi connectivity index (χ1) is 10.0. The van der Waals surface area contributed by atoms with Crippen molar-refractivity contribution >= 4 is 17.7 Å². The number of nitrogens with zero attached hydrogens (tertiary/aromatic N) is 1. The molecule has 0 aliphatic heterocycles. The lowest BCUT2D eigenvalue weighted by molar-refractivity contribution is -0.120. The van der Waals surface area contributed by atoms with Crippen molar-refractivity contribution in [3.05, 3.63) is 58.0 Å². The van der Waals surface area contributed by atoms with E-state index in [1.807, 2.05) is 30.3 Å². The van der Waals surface area contributed by atoms with E-state index < -0.39 is 0 Å². The van der Waals surface area contributed by atoms with Gasteiger partial charge in [-0.25, -0.2) is 4.98 Å². The summed E-state index contributed by atoms with van der Waals surface area (Å²) in [7, 11) is 0. The van der Waals surface area contributed by atoms with Crippen molar-refractivity contribution in [2.24, 2.45) is 0 Å². The van der Waals surface area contributed by atoms with Gasteiger partial charge in [0.15, 0.2) is 5.16 Å². The summed E-state index contributed by atoms with van der Waals surface area (Å²) in [4.78, 5) is 30.2. The standard InChI is InChI=1S/C15H17N3O2S/c1-10-8-13(19)18-15(17-10)21-11(2)14(20)16-9-12-6-4-3-5-7-12/h3-8,11H,9H2,1-2H3,(H,16,20)(H,17,18,19). The molecule has 2 aromatic rings. The van der Waals surface area contributed by atoms with E-state index in [0.29, 0.717) is 17.4 Å². The fraction of sp³-hybridized carbons (Fsp3) is 0.267. The summed E-state index contributed by atoms with van der Waals surface area (Å²) in [6.45, 7) is 4.02. The second-order valence-corrected chi connectivity index (χ2v) is 5.98. The molecule has 0 saturated heterocycles. The van der Waals surface area contributed by atoms with Crippen LogP contribution in [-0.4, -0.2) is 21.1 Å². The molecule has 1 unspecified atom stereocenters. The summed E-state index contributed by atoms with van der Waals surface area (Å²) in [5.74, 6) is -0.0898. The zero-order valence-corrected chi connectivity index (χ0v) is 12.7. The van der Waals surface area contributed by atoms with E-state index in [0.717, 1.165) is 5.56 Å². The molecule has 1 amide bonds. The number of aromatic amines is 1. The quantitative estimate of drug-likeness (QED) is 0.653. The fourth-order valence-electron chi connectivity index (χ4n) is 1.76. The number of aromatic nitrogens is 2. The molecule has 1 aromatic heterocycles. The number of H-pyrrole nitrogens is 1. The van der Waals surface area contributed by atoms with Crippen LogP contribution in [0.25, 0.3) is 0 Å². The maximum Gasteiger partial charge on any atom is 0.251 e. The minimum Gasteiger partial charge on any atom is -0.351 e. The van der Waals surface area contributed by atoms with Crippen LogP contribution >= 0.6 is 11.8 Å².